The molecule has 0 bridgehead atoms. The second kappa shape index (κ2) is 11.8. The van der Waals surface area contributed by atoms with Crippen LogP contribution in [0.2, 0.25) is 0 Å². The molecule has 174 valence electrons. The van der Waals surface area contributed by atoms with Crippen molar-refractivity contribution in [1.29, 1.82) is 0 Å². The highest BCUT2D eigenvalue weighted by Crippen LogP contribution is 2.35. The van der Waals surface area contributed by atoms with Crippen LogP contribution in [0.25, 0.3) is 0 Å². The summed E-state index contributed by atoms with van der Waals surface area (Å²) in [7, 11) is 4.87. The van der Waals surface area contributed by atoms with Crippen LogP contribution in [0.3, 0.4) is 0 Å². The number of nitrogens with zero attached hydrogens (tertiary/aromatic N) is 1. The number of thiocarbonyl (C=S) groups is 1. The van der Waals surface area contributed by atoms with Gasteiger partial charge in [-0.05, 0) is 62.3 Å². The summed E-state index contributed by atoms with van der Waals surface area (Å²) < 4.78 is 27.9. The first-order valence-electron chi connectivity index (χ1n) is 10.8. The average molecular weight is 461 g/mol. The lowest BCUT2D eigenvalue weighted by Gasteiger charge is -2.29. The molecule has 1 unspecified atom stereocenters. The van der Waals surface area contributed by atoms with Gasteiger partial charge in [0.05, 0.1) is 34.0 Å². The number of hydrogen-bond donors (Lipinski definition) is 1. The predicted molar refractivity (Wildman–Crippen MR) is 129 cm³/mol. The summed E-state index contributed by atoms with van der Waals surface area (Å²) in [5, 5.41) is 3.96. The molecule has 1 N–H and O–H groups in total. The molecule has 0 saturated carbocycles. The van der Waals surface area contributed by atoms with Gasteiger partial charge in [0.1, 0.15) is 11.5 Å². The van der Waals surface area contributed by atoms with Gasteiger partial charge in [0.25, 0.3) is 0 Å². The molecule has 1 saturated heterocycles. The van der Waals surface area contributed by atoms with Crippen LogP contribution in [0.4, 0.5) is 5.69 Å². The van der Waals surface area contributed by atoms with Crippen LogP contribution < -0.4 is 24.3 Å². The van der Waals surface area contributed by atoms with Gasteiger partial charge in [-0.25, -0.2) is 0 Å². The third kappa shape index (κ3) is 6.17. The molecule has 1 aliphatic rings. The van der Waals surface area contributed by atoms with Crippen LogP contribution in [0.15, 0.2) is 36.4 Å². The topological polar surface area (TPSA) is 61.4 Å². The van der Waals surface area contributed by atoms with Crippen LogP contribution in [-0.4, -0.2) is 57.2 Å². The van der Waals surface area contributed by atoms with E-state index in [1.165, 1.54) is 0 Å². The van der Waals surface area contributed by atoms with E-state index in [1.807, 2.05) is 43.3 Å². The van der Waals surface area contributed by atoms with Crippen molar-refractivity contribution in [2.75, 3.05) is 46.4 Å². The van der Waals surface area contributed by atoms with Gasteiger partial charge < -0.3 is 33.9 Å². The molecule has 1 fully saturated rings. The van der Waals surface area contributed by atoms with Gasteiger partial charge in [-0.3, -0.25) is 0 Å². The zero-order chi connectivity index (χ0) is 22.9. The number of nitrogens with one attached hydrogen (secondary N) is 1. The first-order chi connectivity index (χ1) is 15.6. The van der Waals surface area contributed by atoms with Crippen molar-refractivity contribution in [3.05, 3.63) is 42.0 Å². The lowest BCUT2D eigenvalue weighted by molar-refractivity contribution is 0.0903. The van der Waals surface area contributed by atoms with Gasteiger partial charge >= 0.3 is 0 Å². The second-order valence-corrected chi connectivity index (χ2v) is 7.81. The van der Waals surface area contributed by atoms with Gasteiger partial charge in [-0.2, -0.15) is 0 Å². The summed E-state index contributed by atoms with van der Waals surface area (Å²) in [6.45, 7) is 4.60. The summed E-state index contributed by atoms with van der Waals surface area (Å²) >= 11 is 5.80. The molecule has 2 aromatic carbocycles. The van der Waals surface area contributed by atoms with E-state index in [4.69, 9.17) is 35.9 Å². The molecule has 0 spiro atoms. The Morgan fingerprint density at radius 1 is 1.06 bits per heavy atom. The molecule has 0 amide bonds. The molecule has 1 aliphatic heterocycles. The molecule has 3 rings (SSSR count). The zero-order valence-electron chi connectivity index (χ0n) is 19.2. The van der Waals surface area contributed by atoms with E-state index < -0.39 is 0 Å². The maximum atomic E-state index is 5.88. The Hall–Kier alpha value is -2.71. The van der Waals surface area contributed by atoms with Crippen molar-refractivity contribution in [2.45, 2.75) is 32.4 Å². The Labute approximate surface area is 195 Å². The van der Waals surface area contributed by atoms with Crippen molar-refractivity contribution in [2.24, 2.45) is 0 Å². The predicted octanol–water partition coefficient (Wildman–Crippen LogP) is 4.49. The van der Waals surface area contributed by atoms with Gasteiger partial charge in [-0.1, -0.05) is 0 Å². The fraction of sp³-hybridized carbons (Fsp3) is 0.458. The van der Waals surface area contributed by atoms with Gasteiger partial charge in [-0.15, -0.1) is 0 Å². The van der Waals surface area contributed by atoms with Crippen LogP contribution in [0, 0.1) is 0 Å². The van der Waals surface area contributed by atoms with Crippen molar-refractivity contribution >= 4 is 23.0 Å². The highest BCUT2D eigenvalue weighted by molar-refractivity contribution is 7.80. The number of rotatable bonds is 10. The van der Waals surface area contributed by atoms with Crippen molar-refractivity contribution in [3.8, 4) is 23.0 Å². The fourth-order valence-corrected chi connectivity index (χ4v) is 3.94. The lowest BCUT2D eigenvalue weighted by atomic mass is 10.1. The molecule has 7 nitrogen and oxygen atoms in total. The zero-order valence-corrected chi connectivity index (χ0v) is 20.0. The van der Waals surface area contributed by atoms with E-state index >= 15 is 0 Å². The molecule has 0 radical (unpaired) electrons. The molecule has 8 heteroatoms. The second-order valence-electron chi connectivity index (χ2n) is 7.42. The maximum absolute atomic E-state index is 5.88. The summed E-state index contributed by atoms with van der Waals surface area (Å²) in [5.74, 6) is 2.80. The summed E-state index contributed by atoms with van der Waals surface area (Å²) in [6.07, 6.45) is 2.23. The third-order valence-electron chi connectivity index (χ3n) is 5.30. The Kier molecular flexibility index (Phi) is 8.81. The summed E-state index contributed by atoms with van der Waals surface area (Å²) in [4.78, 5) is 2.10. The minimum Gasteiger partial charge on any atom is -0.496 e. The maximum Gasteiger partial charge on any atom is 0.173 e. The SMILES string of the molecule is CCOc1ccc(NC(=S)N(Cc2cc(OC)c(OC)cc2OC)CC2CCCO2)cc1. The summed E-state index contributed by atoms with van der Waals surface area (Å²) in [5.41, 5.74) is 1.84. The van der Waals surface area contributed by atoms with Crippen LogP contribution >= 0.6 is 12.2 Å². The molecule has 2 aromatic rings. The standard InChI is InChI=1S/C24H32N2O5S/c1-5-30-19-10-8-18(9-11-19)25-24(32)26(16-20-7-6-12-31-20)15-17-13-22(28-3)23(29-4)14-21(17)27-2/h8-11,13-14,20H,5-7,12,15-16H2,1-4H3,(H,25,32). The molecule has 1 heterocycles. The number of hydrogen-bond acceptors (Lipinski definition) is 6. The number of anilines is 1. The van der Waals surface area contributed by atoms with E-state index in [1.54, 1.807) is 21.3 Å². The van der Waals surface area contributed by atoms with E-state index in [0.717, 1.165) is 36.4 Å². The van der Waals surface area contributed by atoms with E-state index in [9.17, 15) is 0 Å². The highest BCUT2D eigenvalue weighted by Gasteiger charge is 2.23. The van der Waals surface area contributed by atoms with Crippen LogP contribution in [-0.2, 0) is 11.3 Å². The van der Waals surface area contributed by atoms with Crippen molar-refractivity contribution < 1.29 is 23.7 Å². The Balaban J connectivity index is 1.81. The lowest BCUT2D eigenvalue weighted by Crippen LogP contribution is -2.39. The number of ether oxygens (including phenoxy) is 5. The van der Waals surface area contributed by atoms with E-state index in [2.05, 4.69) is 10.2 Å². The molecular weight excluding hydrogens is 428 g/mol. The smallest absolute Gasteiger partial charge is 0.173 e. The summed E-state index contributed by atoms with van der Waals surface area (Å²) in [6, 6.07) is 11.5. The Morgan fingerprint density at radius 2 is 1.75 bits per heavy atom. The van der Waals surface area contributed by atoms with Gasteiger partial charge in [0, 0.05) is 37.0 Å². The molecule has 32 heavy (non-hydrogen) atoms. The monoisotopic (exact) mass is 460 g/mol. The number of benzene rings is 2. The molecular formula is C24H32N2O5S. The quantitative estimate of drug-likeness (QED) is 0.521. The van der Waals surface area contributed by atoms with Gasteiger partial charge in [0.2, 0.25) is 0 Å². The van der Waals surface area contributed by atoms with E-state index in [0.29, 0.717) is 42.1 Å². The molecule has 0 aromatic heterocycles. The normalized spacial score (nSPS) is 15.2. The first-order valence-corrected chi connectivity index (χ1v) is 11.2. The third-order valence-corrected chi connectivity index (χ3v) is 5.66. The van der Waals surface area contributed by atoms with E-state index in [-0.39, 0.29) is 6.10 Å². The fourth-order valence-electron chi connectivity index (χ4n) is 3.68. The first kappa shape index (κ1) is 23.9. The Morgan fingerprint density at radius 3 is 2.34 bits per heavy atom. The van der Waals surface area contributed by atoms with Crippen LogP contribution in [0.5, 0.6) is 23.0 Å². The van der Waals surface area contributed by atoms with Crippen molar-refractivity contribution in [3.63, 3.8) is 0 Å². The minimum atomic E-state index is 0.140. The minimum absolute atomic E-state index is 0.140. The highest BCUT2D eigenvalue weighted by atomic mass is 32.1. The van der Waals surface area contributed by atoms with Crippen LogP contribution in [0.1, 0.15) is 25.3 Å². The molecule has 0 aliphatic carbocycles. The number of methoxy groups -OCH3 is 3. The molecule has 1 atom stereocenters. The van der Waals surface area contributed by atoms with Crippen molar-refractivity contribution in [1.82, 2.24) is 4.90 Å². The van der Waals surface area contributed by atoms with Gasteiger partial charge in [0.15, 0.2) is 16.6 Å². The average Bonchev–Trinajstić information content (AvgIpc) is 3.33. The largest absolute Gasteiger partial charge is 0.496 e. The Bertz CT molecular complexity index is 885.